The van der Waals surface area contributed by atoms with E-state index in [0.717, 1.165) is 24.2 Å². The summed E-state index contributed by atoms with van der Waals surface area (Å²) in [4.78, 5) is 14.9. The number of carbonyl (C=O) groups is 1. The van der Waals surface area contributed by atoms with Gasteiger partial charge in [-0.25, -0.2) is 4.79 Å². The van der Waals surface area contributed by atoms with E-state index in [4.69, 9.17) is 4.74 Å². The lowest BCUT2D eigenvalue weighted by molar-refractivity contribution is 0.0520. The molecule has 1 N–H and O–H groups in total. The Balaban J connectivity index is 1.76. The molecule has 3 atom stereocenters. The fourth-order valence-electron chi connectivity index (χ4n) is 3.45. The van der Waals surface area contributed by atoms with Crippen LogP contribution >= 0.6 is 0 Å². The van der Waals surface area contributed by atoms with E-state index in [1.807, 2.05) is 13.0 Å². The molecule has 3 nitrogen and oxygen atoms in total. The maximum atomic E-state index is 11.6. The highest BCUT2D eigenvalue weighted by Gasteiger charge is 2.55. The highest BCUT2D eigenvalue weighted by atomic mass is 16.5. The highest BCUT2D eigenvalue weighted by molar-refractivity contribution is 5.88. The molecular weight excluding hydrogens is 214 g/mol. The molecule has 0 aromatic carbocycles. The summed E-state index contributed by atoms with van der Waals surface area (Å²) in [6.07, 6.45) is 3.72. The van der Waals surface area contributed by atoms with E-state index >= 15 is 0 Å². The molecule has 1 saturated carbocycles. The van der Waals surface area contributed by atoms with E-state index in [1.54, 1.807) is 0 Å². The van der Waals surface area contributed by atoms with Crippen molar-refractivity contribution in [3.63, 3.8) is 0 Å². The van der Waals surface area contributed by atoms with Gasteiger partial charge in [0.2, 0.25) is 0 Å². The second-order valence-electron chi connectivity index (χ2n) is 5.18. The lowest BCUT2D eigenvalue weighted by atomic mass is 10.1. The Bertz CT molecular complexity index is 449. The van der Waals surface area contributed by atoms with Crippen molar-refractivity contribution in [1.29, 1.82) is 0 Å². The first-order chi connectivity index (χ1) is 8.26. The molecule has 1 aromatic rings. The molecule has 2 aliphatic rings. The number of H-pyrrole nitrogens is 1. The van der Waals surface area contributed by atoms with Gasteiger partial charge in [0.25, 0.3) is 0 Å². The fraction of sp³-hybridized carbons (Fsp3) is 0.643. The Morgan fingerprint density at radius 1 is 1.53 bits per heavy atom. The minimum Gasteiger partial charge on any atom is -0.461 e. The van der Waals surface area contributed by atoms with Crippen molar-refractivity contribution in [3.8, 4) is 0 Å². The van der Waals surface area contributed by atoms with Crippen LogP contribution in [0.15, 0.2) is 6.07 Å². The van der Waals surface area contributed by atoms with Crippen LogP contribution in [0.1, 0.15) is 54.4 Å². The summed E-state index contributed by atoms with van der Waals surface area (Å²) in [6, 6.07) is 2.02. The van der Waals surface area contributed by atoms with Crippen LogP contribution in [0.25, 0.3) is 0 Å². The first kappa shape index (κ1) is 10.9. The molecule has 1 fully saturated rings. The highest BCUT2D eigenvalue weighted by Crippen LogP contribution is 2.63. The Morgan fingerprint density at radius 3 is 3.06 bits per heavy atom. The second kappa shape index (κ2) is 3.90. The van der Waals surface area contributed by atoms with Crippen molar-refractivity contribution < 1.29 is 9.53 Å². The van der Waals surface area contributed by atoms with Crippen molar-refractivity contribution in [1.82, 2.24) is 4.98 Å². The molecule has 3 rings (SSSR count). The summed E-state index contributed by atoms with van der Waals surface area (Å²) >= 11 is 0. The number of ether oxygens (including phenoxy) is 1. The van der Waals surface area contributed by atoms with Crippen LogP contribution in [-0.4, -0.2) is 17.6 Å². The zero-order chi connectivity index (χ0) is 12.0. The van der Waals surface area contributed by atoms with E-state index in [1.165, 1.54) is 24.1 Å². The second-order valence-corrected chi connectivity index (χ2v) is 5.18. The molecule has 17 heavy (non-hydrogen) atoms. The van der Waals surface area contributed by atoms with Gasteiger partial charge in [-0.2, -0.15) is 0 Å². The number of hydrogen-bond acceptors (Lipinski definition) is 2. The maximum Gasteiger partial charge on any atom is 0.354 e. The number of esters is 1. The van der Waals surface area contributed by atoms with Gasteiger partial charge in [-0.05, 0) is 49.1 Å². The van der Waals surface area contributed by atoms with E-state index in [0.29, 0.717) is 12.3 Å². The van der Waals surface area contributed by atoms with Crippen LogP contribution in [-0.2, 0) is 11.2 Å². The van der Waals surface area contributed by atoms with Crippen molar-refractivity contribution in [2.24, 2.45) is 11.8 Å². The summed E-state index contributed by atoms with van der Waals surface area (Å²) in [5.74, 6) is 2.24. The molecule has 3 heteroatoms. The molecule has 0 bridgehead atoms. The van der Waals surface area contributed by atoms with Crippen LogP contribution in [0.5, 0.6) is 0 Å². The Labute approximate surface area is 102 Å². The first-order valence-electron chi connectivity index (χ1n) is 6.65. The summed E-state index contributed by atoms with van der Waals surface area (Å²) in [7, 11) is 0. The summed E-state index contributed by atoms with van der Waals surface area (Å²) < 4.78 is 5.02. The van der Waals surface area contributed by atoms with Gasteiger partial charge >= 0.3 is 5.97 Å². The predicted molar refractivity (Wildman–Crippen MR) is 65.1 cm³/mol. The van der Waals surface area contributed by atoms with Crippen molar-refractivity contribution in [3.05, 3.63) is 23.0 Å². The number of fused-ring (bicyclic) bond motifs is 3. The number of aromatic amines is 1. The van der Waals surface area contributed by atoms with E-state index in [2.05, 4.69) is 11.9 Å². The average Bonchev–Trinajstić information content (AvgIpc) is 2.69. The zero-order valence-corrected chi connectivity index (χ0v) is 10.5. The van der Waals surface area contributed by atoms with E-state index < -0.39 is 0 Å². The standard InChI is InChI=1S/C14H19NO2/c1-3-5-8-9-6-11-10(13(8)9)7-12(15-11)14(16)17-4-2/h7-9,13,15H,3-6H2,1-2H3/t8?,9-,13?/m1/s1. The van der Waals surface area contributed by atoms with Crippen molar-refractivity contribution in [2.45, 2.75) is 39.0 Å². The minimum absolute atomic E-state index is 0.217. The lowest BCUT2D eigenvalue weighted by Gasteiger charge is -2.00. The largest absolute Gasteiger partial charge is 0.461 e. The number of rotatable bonds is 4. The Kier molecular flexibility index (Phi) is 2.49. The lowest BCUT2D eigenvalue weighted by Crippen LogP contribution is -2.05. The average molecular weight is 233 g/mol. The van der Waals surface area contributed by atoms with Crippen LogP contribution in [0.3, 0.4) is 0 Å². The molecule has 0 radical (unpaired) electrons. The normalized spacial score (nSPS) is 28.7. The third kappa shape index (κ3) is 1.60. The van der Waals surface area contributed by atoms with Gasteiger partial charge < -0.3 is 9.72 Å². The van der Waals surface area contributed by atoms with Crippen LogP contribution in [0.2, 0.25) is 0 Å². The molecule has 1 heterocycles. The number of hydrogen-bond donors (Lipinski definition) is 1. The first-order valence-corrected chi connectivity index (χ1v) is 6.65. The predicted octanol–water partition coefficient (Wildman–Crippen LogP) is 2.88. The molecular formula is C14H19NO2. The van der Waals surface area contributed by atoms with Crippen LogP contribution in [0.4, 0.5) is 0 Å². The number of carbonyl (C=O) groups excluding carboxylic acids is 1. The van der Waals surface area contributed by atoms with Gasteiger partial charge in [-0.1, -0.05) is 13.3 Å². The fourth-order valence-corrected chi connectivity index (χ4v) is 3.45. The van der Waals surface area contributed by atoms with Gasteiger partial charge in [-0.15, -0.1) is 0 Å². The SMILES string of the molecule is CCCC1C2c3cc(C(=O)OCC)[nH]c3C[C@H]12. The van der Waals surface area contributed by atoms with Crippen molar-refractivity contribution >= 4 is 5.97 Å². The molecule has 0 spiro atoms. The Morgan fingerprint density at radius 2 is 2.35 bits per heavy atom. The van der Waals surface area contributed by atoms with Crippen LogP contribution in [0, 0.1) is 11.8 Å². The molecule has 2 aliphatic carbocycles. The molecule has 2 unspecified atom stereocenters. The van der Waals surface area contributed by atoms with Gasteiger partial charge in [0.15, 0.2) is 0 Å². The molecule has 92 valence electrons. The maximum absolute atomic E-state index is 11.6. The number of nitrogens with one attached hydrogen (secondary N) is 1. The molecule has 0 amide bonds. The third-order valence-electron chi connectivity index (χ3n) is 4.18. The van der Waals surface area contributed by atoms with E-state index in [-0.39, 0.29) is 5.97 Å². The zero-order valence-electron chi connectivity index (χ0n) is 10.5. The number of aromatic nitrogens is 1. The summed E-state index contributed by atoms with van der Waals surface area (Å²) in [6.45, 7) is 4.52. The van der Waals surface area contributed by atoms with Gasteiger partial charge in [-0.3, -0.25) is 0 Å². The third-order valence-corrected chi connectivity index (χ3v) is 4.18. The molecule has 1 aromatic heterocycles. The van der Waals surface area contributed by atoms with Gasteiger partial charge in [0.05, 0.1) is 6.61 Å². The smallest absolute Gasteiger partial charge is 0.354 e. The minimum atomic E-state index is -0.217. The molecule has 0 saturated heterocycles. The summed E-state index contributed by atoms with van der Waals surface area (Å²) in [5, 5.41) is 0. The molecule has 0 aliphatic heterocycles. The Hall–Kier alpha value is -1.25. The quantitative estimate of drug-likeness (QED) is 0.812. The van der Waals surface area contributed by atoms with E-state index in [9.17, 15) is 4.79 Å². The van der Waals surface area contributed by atoms with Gasteiger partial charge in [0, 0.05) is 5.69 Å². The summed E-state index contributed by atoms with van der Waals surface area (Å²) in [5.41, 5.74) is 3.30. The monoisotopic (exact) mass is 233 g/mol. The van der Waals surface area contributed by atoms with Crippen LogP contribution < -0.4 is 0 Å². The van der Waals surface area contributed by atoms with Crippen molar-refractivity contribution in [2.75, 3.05) is 6.61 Å². The van der Waals surface area contributed by atoms with Gasteiger partial charge in [0.1, 0.15) is 5.69 Å². The topological polar surface area (TPSA) is 42.1 Å².